The Morgan fingerprint density at radius 2 is 2.07 bits per heavy atom. The molecular formula is C20H23N3O4. The zero-order valence-corrected chi connectivity index (χ0v) is 15.3. The molecule has 142 valence electrons. The molecule has 1 unspecified atom stereocenters. The van der Waals surface area contributed by atoms with E-state index in [4.69, 9.17) is 9.15 Å². The average molecular weight is 369 g/mol. The predicted octanol–water partition coefficient (Wildman–Crippen LogP) is 2.18. The smallest absolute Gasteiger partial charge is 0.270 e. The molecule has 7 nitrogen and oxygen atoms in total. The average Bonchev–Trinajstić information content (AvgIpc) is 3.29. The maximum atomic E-state index is 12.6. The Kier molecular flexibility index (Phi) is 4.70. The van der Waals surface area contributed by atoms with E-state index < -0.39 is 0 Å². The number of amides is 2. The first kappa shape index (κ1) is 17.7. The maximum absolute atomic E-state index is 12.6. The van der Waals surface area contributed by atoms with Gasteiger partial charge in [-0.2, -0.15) is 0 Å². The van der Waals surface area contributed by atoms with Crippen molar-refractivity contribution >= 4 is 11.8 Å². The number of rotatable bonds is 3. The second-order valence-electron chi connectivity index (χ2n) is 7.27. The van der Waals surface area contributed by atoms with E-state index in [1.807, 2.05) is 4.90 Å². The van der Waals surface area contributed by atoms with Gasteiger partial charge < -0.3 is 19.4 Å². The minimum absolute atomic E-state index is 0.00843. The zero-order valence-electron chi connectivity index (χ0n) is 15.3. The molecule has 2 saturated heterocycles. The summed E-state index contributed by atoms with van der Waals surface area (Å²) in [5, 5.41) is 3.01. The number of furan rings is 1. The number of hydrogen-bond acceptors (Lipinski definition) is 5. The molecule has 0 bridgehead atoms. The van der Waals surface area contributed by atoms with Gasteiger partial charge in [0.15, 0.2) is 0 Å². The number of nitrogens with one attached hydrogen (secondary N) is 1. The molecule has 2 fully saturated rings. The van der Waals surface area contributed by atoms with Crippen LogP contribution in [0.15, 0.2) is 41.1 Å². The number of aromatic nitrogens is 1. The number of pyridine rings is 1. The Morgan fingerprint density at radius 3 is 2.74 bits per heavy atom. The van der Waals surface area contributed by atoms with Gasteiger partial charge in [-0.25, -0.2) is 0 Å². The number of hydrogen-bond donors (Lipinski definition) is 1. The molecule has 2 aliphatic heterocycles. The summed E-state index contributed by atoms with van der Waals surface area (Å²) >= 11 is 0. The van der Waals surface area contributed by atoms with E-state index in [2.05, 4.69) is 10.3 Å². The second-order valence-corrected chi connectivity index (χ2v) is 7.27. The van der Waals surface area contributed by atoms with Crippen LogP contribution >= 0.6 is 0 Å². The van der Waals surface area contributed by atoms with Crippen molar-refractivity contribution in [3.05, 3.63) is 53.7 Å². The number of carbonyl (C=O) groups is 2. The molecule has 4 rings (SSSR count). The van der Waals surface area contributed by atoms with Crippen molar-refractivity contribution in [2.24, 2.45) is 0 Å². The first-order valence-electron chi connectivity index (χ1n) is 9.26. The molecule has 2 aliphatic rings. The van der Waals surface area contributed by atoms with E-state index in [1.165, 1.54) is 0 Å². The highest BCUT2D eigenvalue weighted by Crippen LogP contribution is 2.36. The molecule has 0 saturated carbocycles. The fourth-order valence-electron chi connectivity index (χ4n) is 3.94. The van der Waals surface area contributed by atoms with Gasteiger partial charge in [0.25, 0.3) is 11.8 Å². The zero-order chi connectivity index (χ0) is 18.9. The van der Waals surface area contributed by atoms with E-state index in [-0.39, 0.29) is 23.5 Å². The monoisotopic (exact) mass is 369 g/mol. The van der Waals surface area contributed by atoms with Gasteiger partial charge in [-0.3, -0.25) is 14.6 Å². The van der Waals surface area contributed by atoms with Gasteiger partial charge in [0.05, 0.1) is 30.1 Å². The van der Waals surface area contributed by atoms with E-state index >= 15 is 0 Å². The van der Waals surface area contributed by atoms with Crippen LogP contribution in [0.1, 0.15) is 45.9 Å². The van der Waals surface area contributed by atoms with Crippen LogP contribution in [0.3, 0.4) is 0 Å². The van der Waals surface area contributed by atoms with Gasteiger partial charge in [-0.05, 0) is 44.4 Å². The molecule has 1 atom stereocenters. The number of aryl methyl sites for hydroxylation is 1. The second kappa shape index (κ2) is 7.15. The van der Waals surface area contributed by atoms with Crippen LogP contribution in [0, 0.1) is 6.92 Å². The lowest BCUT2D eigenvalue weighted by Gasteiger charge is -2.38. The van der Waals surface area contributed by atoms with Crippen LogP contribution in [0.2, 0.25) is 0 Å². The SMILES string of the molecule is Cc1occc1C(=O)N1CCC2(CC1)CC(NC(=O)c1ccccn1)CO2. The highest BCUT2D eigenvalue weighted by Gasteiger charge is 2.44. The fraction of sp³-hybridized carbons (Fsp3) is 0.450. The lowest BCUT2D eigenvalue weighted by atomic mass is 9.87. The third kappa shape index (κ3) is 3.60. The van der Waals surface area contributed by atoms with Crippen LogP contribution in [0.25, 0.3) is 0 Å². The van der Waals surface area contributed by atoms with Crippen molar-refractivity contribution in [3.63, 3.8) is 0 Å². The predicted molar refractivity (Wildman–Crippen MR) is 97.4 cm³/mol. The Hall–Kier alpha value is -2.67. The van der Waals surface area contributed by atoms with Gasteiger partial charge in [0.1, 0.15) is 11.5 Å². The van der Waals surface area contributed by atoms with Crippen molar-refractivity contribution in [2.75, 3.05) is 19.7 Å². The fourth-order valence-corrected chi connectivity index (χ4v) is 3.94. The molecule has 2 aromatic heterocycles. The van der Waals surface area contributed by atoms with E-state index in [0.29, 0.717) is 36.7 Å². The van der Waals surface area contributed by atoms with Crippen molar-refractivity contribution in [3.8, 4) is 0 Å². The first-order chi connectivity index (χ1) is 13.1. The van der Waals surface area contributed by atoms with Gasteiger partial charge >= 0.3 is 0 Å². The lowest BCUT2D eigenvalue weighted by molar-refractivity contribution is -0.0389. The van der Waals surface area contributed by atoms with Gasteiger partial charge in [-0.15, -0.1) is 0 Å². The molecule has 1 spiro atoms. The number of nitrogens with zero attached hydrogens (tertiary/aromatic N) is 2. The molecule has 2 amide bonds. The van der Waals surface area contributed by atoms with Gasteiger partial charge in [-0.1, -0.05) is 6.07 Å². The van der Waals surface area contributed by atoms with E-state index in [1.54, 1.807) is 43.6 Å². The summed E-state index contributed by atoms with van der Waals surface area (Å²) in [5.41, 5.74) is 0.776. The quantitative estimate of drug-likeness (QED) is 0.896. The molecule has 2 aromatic rings. The van der Waals surface area contributed by atoms with Gasteiger partial charge in [0, 0.05) is 19.3 Å². The number of likely N-dealkylation sites (tertiary alicyclic amines) is 1. The molecular weight excluding hydrogens is 346 g/mol. The summed E-state index contributed by atoms with van der Waals surface area (Å²) in [6.07, 6.45) is 5.45. The first-order valence-corrected chi connectivity index (χ1v) is 9.26. The van der Waals surface area contributed by atoms with E-state index in [9.17, 15) is 9.59 Å². The van der Waals surface area contributed by atoms with Crippen LogP contribution in [-0.4, -0.2) is 53.0 Å². The molecule has 0 aromatic carbocycles. The Balaban J connectivity index is 1.32. The number of ether oxygens (including phenoxy) is 1. The minimum atomic E-state index is -0.260. The lowest BCUT2D eigenvalue weighted by Crippen LogP contribution is -2.47. The van der Waals surface area contributed by atoms with Crippen molar-refractivity contribution < 1.29 is 18.7 Å². The summed E-state index contributed by atoms with van der Waals surface area (Å²) in [6, 6.07) is 6.96. The summed E-state index contributed by atoms with van der Waals surface area (Å²) < 4.78 is 11.3. The summed E-state index contributed by atoms with van der Waals surface area (Å²) in [4.78, 5) is 30.8. The van der Waals surface area contributed by atoms with Crippen molar-refractivity contribution in [1.29, 1.82) is 0 Å². The van der Waals surface area contributed by atoms with Crippen LogP contribution < -0.4 is 5.32 Å². The van der Waals surface area contributed by atoms with Crippen LogP contribution in [-0.2, 0) is 4.74 Å². The summed E-state index contributed by atoms with van der Waals surface area (Å²) in [7, 11) is 0. The summed E-state index contributed by atoms with van der Waals surface area (Å²) in [6.45, 7) is 3.58. The Morgan fingerprint density at radius 1 is 1.26 bits per heavy atom. The highest BCUT2D eigenvalue weighted by atomic mass is 16.5. The van der Waals surface area contributed by atoms with E-state index in [0.717, 1.165) is 19.3 Å². The van der Waals surface area contributed by atoms with Crippen molar-refractivity contribution in [1.82, 2.24) is 15.2 Å². The molecule has 4 heterocycles. The molecule has 1 N–H and O–H groups in total. The van der Waals surface area contributed by atoms with Gasteiger partial charge in [0.2, 0.25) is 0 Å². The normalized spacial score (nSPS) is 21.4. The van der Waals surface area contributed by atoms with Crippen LogP contribution in [0.4, 0.5) is 0 Å². The Bertz CT molecular complexity index is 825. The van der Waals surface area contributed by atoms with Crippen LogP contribution in [0.5, 0.6) is 0 Å². The van der Waals surface area contributed by atoms with Crippen molar-refractivity contribution in [2.45, 2.75) is 37.8 Å². The molecule has 27 heavy (non-hydrogen) atoms. The molecule has 0 aliphatic carbocycles. The topological polar surface area (TPSA) is 84.7 Å². The molecule has 0 radical (unpaired) electrons. The highest BCUT2D eigenvalue weighted by molar-refractivity contribution is 5.95. The number of carbonyl (C=O) groups excluding carboxylic acids is 2. The number of piperidine rings is 1. The Labute approximate surface area is 157 Å². The largest absolute Gasteiger partial charge is 0.469 e. The molecule has 7 heteroatoms. The third-order valence-corrected chi connectivity index (χ3v) is 5.49. The third-order valence-electron chi connectivity index (χ3n) is 5.49. The summed E-state index contributed by atoms with van der Waals surface area (Å²) in [5.74, 6) is 0.480. The minimum Gasteiger partial charge on any atom is -0.469 e. The maximum Gasteiger partial charge on any atom is 0.270 e. The standard InChI is InChI=1S/C20H23N3O4/c1-14-16(5-11-26-14)19(25)23-9-6-20(7-10-23)12-15(13-27-20)22-18(24)17-4-2-3-8-21-17/h2-5,8,11,15H,6-7,9-10,12-13H2,1H3,(H,22,24).